The van der Waals surface area contributed by atoms with Crippen molar-refractivity contribution in [3.63, 3.8) is 0 Å². The fourth-order valence-electron chi connectivity index (χ4n) is 2.86. The number of anilines is 3. The molecule has 0 amide bonds. The van der Waals surface area contributed by atoms with Crippen molar-refractivity contribution in [1.82, 2.24) is 19.6 Å². The van der Waals surface area contributed by atoms with Crippen LogP contribution in [0.1, 0.15) is 5.69 Å². The van der Waals surface area contributed by atoms with Gasteiger partial charge in [0.25, 0.3) is 0 Å². The molecule has 1 fully saturated rings. The van der Waals surface area contributed by atoms with Gasteiger partial charge in [0, 0.05) is 18.8 Å². The summed E-state index contributed by atoms with van der Waals surface area (Å²) in [7, 11) is 0. The number of morpholine rings is 1. The first-order valence-corrected chi connectivity index (χ1v) is 9.71. The second-order valence-electron chi connectivity index (χ2n) is 5.92. The molecule has 4 heterocycles. The molecule has 0 spiro atoms. The Labute approximate surface area is 151 Å². The average molecular weight is 372 g/mol. The fourth-order valence-corrected chi connectivity index (χ4v) is 4.77. The smallest absolute Gasteiger partial charge is 0.214 e. The summed E-state index contributed by atoms with van der Waals surface area (Å²) in [4.78, 5) is 12.4. The van der Waals surface area contributed by atoms with Crippen molar-refractivity contribution in [2.24, 2.45) is 0 Å². The van der Waals surface area contributed by atoms with Gasteiger partial charge in [0.05, 0.1) is 35.3 Å². The first kappa shape index (κ1) is 15.1. The molecule has 1 aliphatic rings. The first-order valence-electron chi connectivity index (χ1n) is 8.08. The van der Waals surface area contributed by atoms with E-state index in [4.69, 9.17) is 9.72 Å². The molecule has 3 aromatic heterocycles. The lowest BCUT2D eigenvalue weighted by Crippen LogP contribution is -2.36. The molecule has 1 aliphatic heterocycles. The van der Waals surface area contributed by atoms with Gasteiger partial charge in [0.2, 0.25) is 10.1 Å². The second kappa shape index (κ2) is 5.94. The maximum Gasteiger partial charge on any atom is 0.214 e. The Hall–Kier alpha value is -2.23. The maximum absolute atomic E-state index is 5.42. The van der Waals surface area contributed by atoms with Crippen LogP contribution in [-0.4, -0.2) is 45.9 Å². The van der Waals surface area contributed by atoms with Gasteiger partial charge >= 0.3 is 0 Å². The van der Waals surface area contributed by atoms with E-state index in [0.29, 0.717) is 0 Å². The van der Waals surface area contributed by atoms with Crippen LogP contribution in [-0.2, 0) is 4.74 Å². The third-order valence-corrected chi connectivity index (χ3v) is 5.99. The first-order chi connectivity index (χ1) is 12.2. The van der Waals surface area contributed by atoms with Crippen LogP contribution in [0.5, 0.6) is 0 Å². The molecule has 25 heavy (non-hydrogen) atoms. The molecule has 0 radical (unpaired) electrons. The molecule has 7 nitrogen and oxygen atoms in total. The summed E-state index contributed by atoms with van der Waals surface area (Å²) in [5.74, 6) is 0. The molecule has 4 aromatic rings. The summed E-state index contributed by atoms with van der Waals surface area (Å²) in [5, 5.41) is 9.79. The minimum absolute atomic E-state index is 0.772. The van der Waals surface area contributed by atoms with Crippen molar-refractivity contribution in [3.05, 3.63) is 30.1 Å². The normalized spacial score (nSPS) is 15.3. The van der Waals surface area contributed by atoms with Crippen molar-refractivity contribution < 1.29 is 4.74 Å². The molecule has 1 saturated heterocycles. The number of imidazole rings is 1. The van der Waals surface area contributed by atoms with E-state index in [9.17, 15) is 0 Å². The van der Waals surface area contributed by atoms with Gasteiger partial charge in [-0.2, -0.15) is 0 Å². The molecule has 0 aliphatic carbocycles. The fraction of sp³-hybridized carbons (Fsp3) is 0.312. The summed E-state index contributed by atoms with van der Waals surface area (Å²) < 4.78 is 8.40. The zero-order valence-corrected chi connectivity index (χ0v) is 15.2. The quantitative estimate of drug-likeness (QED) is 0.595. The molecule has 0 bridgehead atoms. The number of fused-ring (bicyclic) bond motifs is 2. The number of rotatable bonds is 3. The van der Waals surface area contributed by atoms with E-state index in [1.807, 2.05) is 23.7 Å². The number of thiazole rings is 1. The van der Waals surface area contributed by atoms with E-state index < -0.39 is 0 Å². The highest BCUT2D eigenvalue weighted by atomic mass is 32.1. The Morgan fingerprint density at radius 3 is 2.88 bits per heavy atom. The highest BCUT2D eigenvalue weighted by molar-refractivity contribution is 7.22. The summed E-state index contributed by atoms with van der Waals surface area (Å²) in [6, 6.07) is 6.23. The van der Waals surface area contributed by atoms with Crippen LogP contribution in [0, 0.1) is 6.92 Å². The molecule has 5 rings (SSSR count). The number of nitrogens with one attached hydrogen (secondary N) is 1. The van der Waals surface area contributed by atoms with E-state index in [0.717, 1.165) is 58.4 Å². The van der Waals surface area contributed by atoms with Gasteiger partial charge in [-0.05, 0) is 25.1 Å². The van der Waals surface area contributed by atoms with E-state index in [1.165, 1.54) is 4.70 Å². The monoisotopic (exact) mass is 372 g/mol. The van der Waals surface area contributed by atoms with Crippen LogP contribution in [0.3, 0.4) is 0 Å². The number of hydrogen-bond donors (Lipinski definition) is 1. The van der Waals surface area contributed by atoms with Crippen LogP contribution in [0.15, 0.2) is 24.4 Å². The number of nitrogens with zero attached hydrogens (tertiary/aromatic N) is 5. The second-order valence-corrected chi connectivity index (χ2v) is 7.89. The van der Waals surface area contributed by atoms with Crippen molar-refractivity contribution in [2.75, 3.05) is 36.5 Å². The third kappa shape index (κ3) is 2.84. The lowest BCUT2D eigenvalue weighted by molar-refractivity contribution is 0.122. The molecule has 128 valence electrons. The molecule has 0 atom stereocenters. The van der Waals surface area contributed by atoms with Crippen molar-refractivity contribution in [2.45, 2.75) is 6.92 Å². The van der Waals surface area contributed by atoms with Gasteiger partial charge in [-0.15, -0.1) is 5.10 Å². The van der Waals surface area contributed by atoms with Crippen LogP contribution in [0.2, 0.25) is 0 Å². The summed E-state index contributed by atoms with van der Waals surface area (Å²) in [6.45, 7) is 5.33. The zero-order valence-electron chi connectivity index (χ0n) is 13.6. The van der Waals surface area contributed by atoms with Gasteiger partial charge in [0.1, 0.15) is 0 Å². The number of benzene rings is 1. The lowest BCUT2D eigenvalue weighted by Gasteiger charge is -2.25. The molecule has 1 N–H and O–H groups in total. The summed E-state index contributed by atoms with van der Waals surface area (Å²) in [6.07, 6.45) is 1.93. The largest absolute Gasteiger partial charge is 0.378 e. The maximum atomic E-state index is 5.42. The number of aromatic nitrogens is 4. The highest BCUT2D eigenvalue weighted by Crippen LogP contribution is 2.32. The number of aryl methyl sites for hydroxylation is 1. The predicted molar refractivity (Wildman–Crippen MR) is 102 cm³/mol. The van der Waals surface area contributed by atoms with Gasteiger partial charge in [-0.1, -0.05) is 22.7 Å². The Balaban J connectivity index is 1.42. The van der Waals surface area contributed by atoms with Crippen LogP contribution < -0.4 is 10.2 Å². The van der Waals surface area contributed by atoms with E-state index in [1.54, 1.807) is 22.7 Å². The lowest BCUT2D eigenvalue weighted by atomic mass is 10.3. The van der Waals surface area contributed by atoms with Gasteiger partial charge in [-0.3, -0.25) is 0 Å². The van der Waals surface area contributed by atoms with Crippen LogP contribution in [0.4, 0.5) is 16.0 Å². The van der Waals surface area contributed by atoms with Crippen LogP contribution >= 0.6 is 22.7 Å². The van der Waals surface area contributed by atoms with Gasteiger partial charge in [0.15, 0.2) is 5.13 Å². The topological polar surface area (TPSA) is 67.6 Å². The Morgan fingerprint density at radius 1 is 1.16 bits per heavy atom. The third-order valence-electron chi connectivity index (χ3n) is 4.07. The number of ether oxygens (including phenoxy) is 1. The molecule has 0 unspecified atom stereocenters. The standard InChI is InChI=1S/C16H16N6OS2/c1-10-9-22-16(17-10)25-14(20-22)18-11-2-3-12-13(8-11)24-15(19-12)21-4-6-23-7-5-21/h2-3,8-9H,4-7H2,1H3,(H,18,20). The Bertz CT molecular complexity index is 1010. The minimum Gasteiger partial charge on any atom is -0.378 e. The summed E-state index contributed by atoms with van der Waals surface area (Å²) >= 11 is 3.26. The molecule has 9 heteroatoms. The van der Waals surface area contributed by atoms with Crippen molar-refractivity contribution >= 4 is 53.8 Å². The highest BCUT2D eigenvalue weighted by Gasteiger charge is 2.15. The summed E-state index contributed by atoms with van der Waals surface area (Å²) in [5.41, 5.74) is 3.02. The molecular weight excluding hydrogens is 356 g/mol. The number of hydrogen-bond acceptors (Lipinski definition) is 8. The Morgan fingerprint density at radius 2 is 2.04 bits per heavy atom. The Kier molecular flexibility index (Phi) is 3.58. The predicted octanol–water partition coefficient (Wildman–Crippen LogP) is 3.29. The SMILES string of the molecule is Cc1cn2nc(Nc3ccc4nc(N5CCOCC5)sc4c3)sc2n1. The zero-order chi connectivity index (χ0) is 16.8. The van der Waals surface area contributed by atoms with E-state index in [2.05, 4.69) is 32.4 Å². The average Bonchev–Trinajstić information content (AvgIpc) is 3.27. The molecule has 0 saturated carbocycles. The van der Waals surface area contributed by atoms with E-state index in [-0.39, 0.29) is 0 Å². The van der Waals surface area contributed by atoms with Gasteiger partial charge in [-0.25, -0.2) is 14.5 Å². The van der Waals surface area contributed by atoms with E-state index >= 15 is 0 Å². The van der Waals surface area contributed by atoms with Crippen molar-refractivity contribution in [3.8, 4) is 0 Å². The molecular formula is C16H16N6OS2. The van der Waals surface area contributed by atoms with Crippen molar-refractivity contribution in [1.29, 1.82) is 0 Å². The van der Waals surface area contributed by atoms with Gasteiger partial charge < -0.3 is 15.0 Å². The minimum atomic E-state index is 0.772. The molecule has 1 aromatic carbocycles. The van der Waals surface area contributed by atoms with Crippen LogP contribution in [0.25, 0.3) is 15.2 Å².